The van der Waals surface area contributed by atoms with Crippen LogP contribution in [0.4, 0.5) is 0 Å². The summed E-state index contributed by atoms with van der Waals surface area (Å²) in [5, 5.41) is 0. The molecule has 2 fully saturated rings. The molecule has 0 aromatic carbocycles. The second-order valence-corrected chi connectivity index (χ2v) is 5.92. The van der Waals surface area contributed by atoms with Crippen LogP contribution in [0.3, 0.4) is 0 Å². The molecule has 0 N–H and O–H groups in total. The molecule has 0 aromatic heterocycles. The van der Waals surface area contributed by atoms with Gasteiger partial charge in [0.15, 0.2) is 0 Å². The second kappa shape index (κ2) is 2.98. The third-order valence-corrected chi connectivity index (χ3v) is 3.50. The Hall–Kier alpha value is -0.530. The highest BCUT2D eigenvalue weighted by Gasteiger charge is 2.57. The van der Waals surface area contributed by atoms with E-state index >= 15 is 0 Å². The molecule has 0 heterocycles. The first-order valence-corrected chi connectivity index (χ1v) is 5.63. The van der Waals surface area contributed by atoms with E-state index in [1.54, 1.807) is 0 Å². The molecule has 2 rings (SSSR count). The van der Waals surface area contributed by atoms with Crippen LogP contribution in [0.2, 0.25) is 0 Å². The van der Waals surface area contributed by atoms with Gasteiger partial charge in [0.2, 0.25) is 0 Å². The molecule has 2 heteroatoms. The lowest BCUT2D eigenvalue weighted by Crippen LogP contribution is -2.25. The van der Waals surface area contributed by atoms with Gasteiger partial charge in [-0.3, -0.25) is 4.79 Å². The summed E-state index contributed by atoms with van der Waals surface area (Å²) in [5.41, 5.74) is 0.0546. The molecule has 0 radical (unpaired) electrons. The molecule has 0 aromatic rings. The number of hydrogen-bond acceptors (Lipinski definition) is 2. The van der Waals surface area contributed by atoms with Crippen LogP contribution < -0.4 is 0 Å². The SMILES string of the molecule is CC(C)(C)OC(=O)C[C@@]12CCC[C@@H]1C2. The van der Waals surface area contributed by atoms with Crippen molar-refractivity contribution < 1.29 is 9.53 Å². The Bertz CT molecular complexity index is 252. The van der Waals surface area contributed by atoms with Gasteiger partial charge in [-0.25, -0.2) is 0 Å². The molecule has 0 bridgehead atoms. The zero-order valence-corrected chi connectivity index (χ0v) is 9.43. The molecule has 2 atom stereocenters. The molecular formula is C12H20O2. The Labute approximate surface area is 86.0 Å². The standard InChI is InChI=1S/C12H20O2/c1-11(2,3)14-10(13)8-12-6-4-5-9(12)7-12/h9H,4-8H2,1-3H3/t9-,12+/m1/s1. The monoisotopic (exact) mass is 196 g/mol. The maximum atomic E-state index is 11.6. The minimum atomic E-state index is -0.323. The molecule has 0 aliphatic heterocycles. The van der Waals surface area contributed by atoms with Crippen LogP contribution in [-0.4, -0.2) is 11.6 Å². The average Bonchev–Trinajstić information content (AvgIpc) is 2.48. The summed E-state index contributed by atoms with van der Waals surface area (Å²) in [4.78, 5) is 11.6. The molecule has 0 amide bonds. The number of fused-ring (bicyclic) bond motifs is 1. The highest BCUT2D eigenvalue weighted by molar-refractivity contribution is 5.71. The fourth-order valence-corrected chi connectivity index (χ4v) is 2.82. The first-order chi connectivity index (χ1) is 6.41. The van der Waals surface area contributed by atoms with Crippen LogP contribution >= 0.6 is 0 Å². The van der Waals surface area contributed by atoms with E-state index in [-0.39, 0.29) is 11.6 Å². The second-order valence-electron chi connectivity index (χ2n) is 5.92. The van der Waals surface area contributed by atoms with Crippen LogP contribution in [-0.2, 0) is 9.53 Å². The Morgan fingerprint density at radius 2 is 2.21 bits per heavy atom. The van der Waals surface area contributed by atoms with E-state index in [4.69, 9.17) is 4.74 Å². The summed E-state index contributed by atoms with van der Waals surface area (Å²) in [7, 11) is 0. The van der Waals surface area contributed by atoms with Crippen molar-refractivity contribution in [2.24, 2.45) is 11.3 Å². The topological polar surface area (TPSA) is 26.3 Å². The summed E-state index contributed by atoms with van der Waals surface area (Å²) in [6.45, 7) is 5.80. The molecule has 2 aliphatic carbocycles. The van der Waals surface area contributed by atoms with Gasteiger partial charge in [0.25, 0.3) is 0 Å². The predicted octanol–water partition coefficient (Wildman–Crippen LogP) is 2.91. The maximum absolute atomic E-state index is 11.6. The summed E-state index contributed by atoms with van der Waals surface area (Å²) >= 11 is 0. The van der Waals surface area contributed by atoms with Crippen molar-refractivity contribution in [3.05, 3.63) is 0 Å². The molecular weight excluding hydrogens is 176 g/mol. The van der Waals surface area contributed by atoms with E-state index < -0.39 is 0 Å². The zero-order valence-electron chi connectivity index (χ0n) is 9.43. The number of esters is 1. The molecule has 2 nitrogen and oxygen atoms in total. The average molecular weight is 196 g/mol. The van der Waals surface area contributed by atoms with E-state index in [0.29, 0.717) is 11.8 Å². The van der Waals surface area contributed by atoms with Crippen molar-refractivity contribution in [3.8, 4) is 0 Å². The van der Waals surface area contributed by atoms with Crippen LogP contribution in [0.25, 0.3) is 0 Å². The van der Waals surface area contributed by atoms with Gasteiger partial charge in [-0.05, 0) is 51.4 Å². The Balaban J connectivity index is 1.84. The van der Waals surface area contributed by atoms with Crippen molar-refractivity contribution in [2.45, 2.75) is 58.5 Å². The number of rotatable bonds is 2. The summed E-state index contributed by atoms with van der Waals surface area (Å²) < 4.78 is 5.35. The van der Waals surface area contributed by atoms with Crippen molar-refractivity contribution in [1.82, 2.24) is 0 Å². The highest BCUT2D eigenvalue weighted by Crippen LogP contribution is 2.65. The van der Waals surface area contributed by atoms with E-state index in [2.05, 4.69) is 0 Å². The maximum Gasteiger partial charge on any atom is 0.306 e. The molecule has 14 heavy (non-hydrogen) atoms. The molecule has 2 aliphatic rings. The fourth-order valence-electron chi connectivity index (χ4n) is 2.82. The fraction of sp³-hybridized carbons (Fsp3) is 0.917. The zero-order chi connectivity index (χ0) is 10.4. The minimum Gasteiger partial charge on any atom is -0.460 e. The largest absolute Gasteiger partial charge is 0.460 e. The van der Waals surface area contributed by atoms with Crippen LogP contribution in [0, 0.1) is 11.3 Å². The van der Waals surface area contributed by atoms with Gasteiger partial charge >= 0.3 is 5.97 Å². The van der Waals surface area contributed by atoms with E-state index in [1.165, 1.54) is 25.7 Å². The minimum absolute atomic E-state index is 0.00176. The third-order valence-electron chi connectivity index (χ3n) is 3.50. The molecule has 0 saturated heterocycles. The lowest BCUT2D eigenvalue weighted by Gasteiger charge is -2.21. The molecule has 0 unspecified atom stereocenters. The van der Waals surface area contributed by atoms with Gasteiger partial charge in [-0.15, -0.1) is 0 Å². The summed E-state index contributed by atoms with van der Waals surface area (Å²) in [6, 6.07) is 0. The van der Waals surface area contributed by atoms with Crippen molar-refractivity contribution >= 4 is 5.97 Å². The molecule has 80 valence electrons. The van der Waals surface area contributed by atoms with Gasteiger partial charge in [-0.2, -0.15) is 0 Å². The van der Waals surface area contributed by atoms with Gasteiger partial charge in [0.05, 0.1) is 6.42 Å². The van der Waals surface area contributed by atoms with Crippen LogP contribution in [0.15, 0.2) is 0 Å². The van der Waals surface area contributed by atoms with Gasteiger partial charge in [0.1, 0.15) is 5.60 Å². The summed E-state index contributed by atoms with van der Waals surface area (Å²) in [6.07, 6.45) is 5.83. The number of carbonyl (C=O) groups excluding carboxylic acids is 1. The predicted molar refractivity (Wildman–Crippen MR) is 54.9 cm³/mol. The van der Waals surface area contributed by atoms with Crippen molar-refractivity contribution in [2.75, 3.05) is 0 Å². The lowest BCUT2D eigenvalue weighted by atomic mass is 9.99. The van der Waals surface area contributed by atoms with Gasteiger partial charge < -0.3 is 4.74 Å². The number of carbonyl (C=O) groups is 1. The first kappa shape index (κ1) is 10.0. The summed E-state index contributed by atoms with van der Waals surface area (Å²) in [5.74, 6) is 0.844. The van der Waals surface area contributed by atoms with Crippen LogP contribution in [0.1, 0.15) is 52.9 Å². The lowest BCUT2D eigenvalue weighted by molar-refractivity contribution is -0.156. The van der Waals surface area contributed by atoms with E-state index in [1.807, 2.05) is 20.8 Å². The van der Waals surface area contributed by atoms with Crippen molar-refractivity contribution in [1.29, 1.82) is 0 Å². The highest BCUT2D eigenvalue weighted by atomic mass is 16.6. The quantitative estimate of drug-likeness (QED) is 0.635. The van der Waals surface area contributed by atoms with Gasteiger partial charge in [-0.1, -0.05) is 6.42 Å². The third kappa shape index (κ3) is 1.94. The number of hydrogen-bond donors (Lipinski definition) is 0. The first-order valence-electron chi connectivity index (χ1n) is 5.63. The number of ether oxygens (including phenoxy) is 1. The Morgan fingerprint density at radius 3 is 2.64 bits per heavy atom. The Morgan fingerprint density at radius 1 is 1.50 bits per heavy atom. The Kier molecular flexibility index (Phi) is 2.13. The van der Waals surface area contributed by atoms with Crippen LogP contribution in [0.5, 0.6) is 0 Å². The smallest absolute Gasteiger partial charge is 0.306 e. The normalized spacial score (nSPS) is 35.2. The van der Waals surface area contributed by atoms with E-state index in [9.17, 15) is 4.79 Å². The molecule has 2 saturated carbocycles. The van der Waals surface area contributed by atoms with Gasteiger partial charge in [0, 0.05) is 0 Å². The van der Waals surface area contributed by atoms with Crippen molar-refractivity contribution in [3.63, 3.8) is 0 Å². The molecule has 0 spiro atoms. The van der Waals surface area contributed by atoms with E-state index in [0.717, 1.165) is 5.92 Å².